The molecule has 0 radical (unpaired) electrons. The van der Waals surface area contributed by atoms with Gasteiger partial charge in [0.15, 0.2) is 0 Å². The first-order valence-electron chi connectivity index (χ1n) is 4.36. The molecule has 13 heavy (non-hydrogen) atoms. The fraction of sp³-hybridized carbons (Fsp3) is 0.300. The Morgan fingerprint density at radius 2 is 2.00 bits per heavy atom. The van der Waals surface area contributed by atoms with Crippen molar-refractivity contribution in [1.29, 1.82) is 0 Å². The Morgan fingerprint density at radius 3 is 2.69 bits per heavy atom. The van der Waals surface area contributed by atoms with Gasteiger partial charge in [0.2, 0.25) is 0 Å². The van der Waals surface area contributed by atoms with Gasteiger partial charge < -0.3 is 4.40 Å². The maximum atomic E-state index is 12.6. The number of hydrogen-bond donors (Lipinski definition) is 0. The summed E-state index contributed by atoms with van der Waals surface area (Å²) in [5.41, 5.74) is 1.87. The molecule has 0 saturated carbocycles. The molecule has 0 bridgehead atoms. The zero-order valence-electron chi connectivity index (χ0n) is 8.08. The van der Waals surface area contributed by atoms with Gasteiger partial charge in [0.1, 0.15) is 5.82 Å². The molecule has 0 spiro atoms. The minimum atomic E-state index is -0.241. The average molecular weight is 180 g/mol. The highest BCUT2D eigenvalue weighted by atomic mass is 19.1. The van der Waals surface area contributed by atoms with Crippen LogP contribution >= 0.6 is 0 Å². The topological polar surface area (TPSA) is 17.3 Å². The van der Waals surface area contributed by atoms with Crippen molar-refractivity contribution in [3.8, 4) is 0 Å². The average Bonchev–Trinajstić information content (AvgIpc) is 2.51. The molecule has 0 aliphatic carbocycles. The zero-order chi connectivity index (χ0) is 9.84. The van der Waals surface area contributed by atoms with Crippen LogP contribution in [0.1, 0.15) is 19.5 Å². The highest BCUT2D eigenvalue weighted by Crippen LogP contribution is 2.08. The van der Waals surface area contributed by atoms with Gasteiger partial charge in [0.25, 0.3) is 0 Å². The molecule has 2 aromatic rings. The largest absolute Gasteiger partial charge is 0.303 e. The zero-order valence-corrected chi connectivity index (χ0v) is 8.08. The molecule has 0 saturated heterocycles. The van der Waals surface area contributed by atoms with Gasteiger partial charge in [-0.1, -0.05) is 13.8 Å². The standard InChI is InChI=1S/C8H7FN2.C2H6/c1-6-8-3-2-7(9)4-11(8)5-10-6;1-2/h2-5H,1H3;1-2H3. The second-order valence-electron chi connectivity index (χ2n) is 2.47. The van der Waals surface area contributed by atoms with Crippen molar-refractivity contribution in [1.82, 2.24) is 9.38 Å². The van der Waals surface area contributed by atoms with E-state index < -0.39 is 0 Å². The number of nitrogens with zero attached hydrogens (tertiary/aromatic N) is 2. The summed E-state index contributed by atoms with van der Waals surface area (Å²) < 4.78 is 14.3. The van der Waals surface area contributed by atoms with Gasteiger partial charge in [-0.05, 0) is 19.1 Å². The summed E-state index contributed by atoms with van der Waals surface area (Å²) in [7, 11) is 0. The van der Waals surface area contributed by atoms with E-state index in [1.54, 1.807) is 16.8 Å². The summed E-state index contributed by atoms with van der Waals surface area (Å²) in [6.45, 7) is 5.90. The van der Waals surface area contributed by atoms with Crippen LogP contribution < -0.4 is 0 Å². The molecule has 2 aromatic heterocycles. The van der Waals surface area contributed by atoms with E-state index in [-0.39, 0.29) is 5.82 Å². The highest BCUT2D eigenvalue weighted by Gasteiger charge is 1.98. The molecule has 0 aromatic carbocycles. The van der Waals surface area contributed by atoms with Crippen molar-refractivity contribution in [3.05, 3.63) is 36.2 Å². The third kappa shape index (κ3) is 1.86. The number of halogens is 1. The fourth-order valence-electron chi connectivity index (χ4n) is 1.11. The smallest absolute Gasteiger partial charge is 0.139 e. The summed E-state index contributed by atoms with van der Waals surface area (Å²) in [5.74, 6) is -0.241. The predicted octanol–water partition coefficient (Wildman–Crippen LogP) is 2.81. The molecule has 2 rings (SSSR count). The Bertz CT molecular complexity index is 393. The van der Waals surface area contributed by atoms with E-state index in [1.165, 1.54) is 12.3 Å². The van der Waals surface area contributed by atoms with Crippen LogP contribution in [0.25, 0.3) is 5.52 Å². The Morgan fingerprint density at radius 1 is 1.31 bits per heavy atom. The van der Waals surface area contributed by atoms with Crippen LogP contribution in [0.4, 0.5) is 4.39 Å². The maximum Gasteiger partial charge on any atom is 0.139 e. The molecule has 2 nitrogen and oxygen atoms in total. The lowest BCUT2D eigenvalue weighted by Gasteiger charge is -1.92. The number of imidazole rings is 1. The van der Waals surface area contributed by atoms with Gasteiger partial charge in [0.05, 0.1) is 17.5 Å². The van der Waals surface area contributed by atoms with Crippen LogP contribution in [0.2, 0.25) is 0 Å². The van der Waals surface area contributed by atoms with Crippen LogP contribution in [0.5, 0.6) is 0 Å². The lowest BCUT2D eigenvalue weighted by Crippen LogP contribution is -1.83. The van der Waals surface area contributed by atoms with Gasteiger partial charge in [-0.25, -0.2) is 9.37 Å². The number of hydrogen-bond acceptors (Lipinski definition) is 1. The van der Waals surface area contributed by atoms with Gasteiger partial charge in [-0.2, -0.15) is 0 Å². The number of rotatable bonds is 0. The Kier molecular flexibility index (Phi) is 3.01. The molecule has 0 aliphatic rings. The van der Waals surface area contributed by atoms with Crippen molar-refractivity contribution in [2.24, 2.45) is 0 Å². The van der Waals surface area contributed by atoms with E-state index in [4.69, 9.17) is 0 Å². The summed E-state index contributed by atoms with van der Waals surface area (Å²) >= 11 is 0. The van der Waals surface area contributed by atoms with Gasteiger partial charge in [0, 0.05) is 6.20 Å². The SMILES string of the molecule is CC.Cc1ncn2cc(F)ccc12. The third-order valence-corrected chi connectivity index (χ3v) is 1.69. The summed E-state index contributed by atoms with van der Waals surface area (Å²) in [6, 6.07) is 3.15. The minimum absolute atomic E-state index is 0.241. The van der Waals surface area contributed by atoms with Crippen molar-refractivity contribution < 1.29 is 4.39 Å². The molecule has 3 heteroatoms. The van der Waals surface area contributed by atoms with Gasteiger partial charge in [-0.3, -0.25) is 0 Å². The first-order valence-corrected chi connectivity index (χ1v) is 4.36. The molecule has 0 fully saturated rings. The third-order valence-electron chi connectivity index (χ3n) is 1.69. The maximum absolute atomic E-state index is 12.6. The highest BCUT2D eigenvalue weighted by molar-refractivity contribution is 5.50. The Balaban J connectivity index is 0.000000396. The van der Waals surface area contributed by atoms with Crippen molar-refractivity contribution >= 4 is 5.52 Å². The second-order valence-corrected chi connectivity index (χ2v) is 2.47. The Labute approximate surface area is 77.0 Å². The van der Waals surface area contributed by atoms with E-state index in [1.807, 2.05) is 20.8 Å². The first-order chi connectivity index (χ1) is 6.27. The number of aryl methyl sites for hydroxylation is 1. The number of pyridine rings is 1. The van der Waals surface area contributed by atoms with E-state index in [0.717, 1.165) is 11.2 Å². The van der Waals surface area contributed by atoms with Crippen LogP contribution in [-0.2, 0) is 0 Å². The lowest BCUT2D eigenvalue weighted by atomic mass is 10.3. The summed E-state index contributed by atoms with van der Waals surface area (Å²) in [4.78, 5) is 4.03. The van der Waals surface area contributed by atoms with Gasteiger partial charge in [-0.15, -0.1) is 0 Å². The number of aromatic nitrogens is 2. The molecule has 0 atom stereocenters. The lowest BCUT2D eigenvalue weighted by molar-refractivity contribution is 0.619. The molecular weight excluding hydrogens is 167 g/mol. The summed E-state index contributed by atoms with van der Waals surface area (Å²) in [5, 5.41) is 0. The van der Waals surface area contributed by atoms with Crippen molar-refractivity contribution in [2.45, 2.75) is 20.8 Å². The summed E-state index contributed by atoms with van der Waals surface area (Å²) in [6.07, 6.45) is 3.02. The molecule has 2 heterocycles. The van der Waals surface area contributed by atoms with Crippen molar-refractivity contribution in [2.75, 3.05) is 0 Å². The van der Waals surface area contributed by atoms with Crippen LogP contribution in [0, 0.1) is 12.7 Å². The Hall–Kier alpha value is -1.38. The molecular formula is C10H13FN2. The van der Waals surface area contributed by atoms with Crippen LogP contribution in [0.3, 0.4) is 0 Å². The van der Waals surface area contributed by atoms with E-state index in [0.29, 0.717) is 0 Å². The predicted molar refractivity (Wildman–Crippen MR) is 51.2 cm³/mol. The molecule has 70 valence electrons. The van der Waals surface area contributed by atoms with E-state index in [9.17, 15) is 4.39 Å². The van der Waals surface area contributed by atoms with Crippen LogP contribution in [-0.4, -0.2) is 9.38 Å². The van der Waals surface area contributed by atoms with Crippen molar-refractivity contribution in [3.63, 3.8) is 0 Å². The van der Waals surface area contributed by atoms with E-state index >= 15 is 0 Å². The molecule has 0 amide bonds. The minimum Gasteiger partial charge on any atom is -0.303 e. The number of fused-ring (bicyclic) bond motifs is 1. The molecule has 0 unspecified atom stereocenters. The van der Waals surface area contributed by atoms with Gasteiger partial charge >= 0.3 is 0 Å². The quantitative estimate of drug-likeness (QED) is 0.609. The first kappa shape index (κ1) is 9.71. The fourth-order valence-corrected chi connectivity index (χ4v) is 1.11. The van der Waals surface area contributed by atoms with E-state index in [2.05, 4.69) is 4.98 Å². The molecule has 0 N–H and O–H groups in total. The second kappa shape index (κ2) is 4.03. The normalized spacial score (nSPS) is 9.54. The molecule has 0 aliphatic heterocycles. The monoisotopic (exact) mass is 180 g/mol. The van der Waals surface area contributed by atoms with Crippen LogP contribution in [0.15, 0.2) is 24.7 Å².